The summed E-state index contributed by atoms with van der Waals surface area (Å²) in [6.07, 6.45) is 0.574. The monoisotopic (exact) mass is 407 g/mol. The summed E-state index contributed by atoms with van der Waals surface area (Å²) in [5.41, 5.74) is 7.60. The third-order valence-electron chi connectivity index (χ3n) is 4.88. The molecule has 2 atom stereocenters. The van der Waals surface area contributed by atoms with E-state index in [0.29, 0.717) is 53.5 Å². The first kappa shape index (κ1) is 20.7. The first-order chi connectivity index (χ1) is 14.0. The Morgan fingerprint density at radius 2 is 2.03 bits per heavy atom. The van der Waals surface area contributed by atoms with Crippen molar-refractivity contribution in [3.8, 4) is 12.1 Å². The highest BCUT2D eigenvalue weighted by Crippen LogP contribution is 2.39. The summed E-state index contributed by atoms with van der Waals surface area (Å²) in [6.45, 7) is 2.82. The molecule has 1 aromatic carbocycles. The Labute approximate surface area is 173 Å². The molecule has 0 spiro atoms. The largest absolute Gasteiger partial charge is 0.391 e. The molecule has 0 bridgehead atoms. The molecule has 1 saturated heterocycles. The summed E-state index contributed by atoms with van der Waals surface area (Å²) in [5, 5.41) is 29.1. The molecule has 1 fully saturated rings. The highest BCUT2D eigenvalue weighted by molar-refractivity contribution is 8.00. The summed E-state index contributed by atoms with van der Waals surface area (Å²) in [4.78, 5) is 18.6. The fraction of sp³-hybridized carbons (Fsp3) is 0.333. The second-order valence-corrected chi connectivity index (χ2v) is 7.84. The lowest BCUT2D eigenvalue weighted by Gasteiger charge is -2.22. The molecule has 3 N–H and O–H groups in total. The van der Waals surface area contributed by atoms with Crippen LogP contribution in [-0.2, 0) is 11.2 Å². The smallest absolute Gasteiger partial charge is 0.235 e. The van der Waals surface area contributed by atoms with E-state index in [1.807, 2.05) is 30.0 Å². The number of nitrogens with zero attached hydrogens (tertiary/aromatic N) is 4. The molecule has 2 aromatic rings. The van der Waals surface area contributed by atoms with Gasteiger partial charge < -0.3 is 15.7 Å². The van der Waals surface area contributed by atoms with Gasteiger partial charge in [-0.05, 0) is 24.0 Å². The minimum absolute atomic E-state index is 0.291. The van der Waals surface area contributed by atoms with E-state index in [0.717, 1.165) is 17.3 Å². The molecule has 0 saturated carbocycles. The first-order valence-electron chi connectivity index (χ1n) is 9.31. The maximum atomic E-state index is 12.2. The van der Waals surface area contributed by atoms with Crippen LogP contribution in [0.1, 0.15) is 40.8 Å². The number of carbonyl (C=O) groups is 1. The number of rotatable bonds is 6. The molecule has 8 heteroatoms. The number of nitrogens with two attached hydrogens (primary N) is 1. The standard InChI is InChI=1S/C21H21N5O2S/c1-2-15-16(10-22)20(26-9-8-14(27)12-26)25-21(17(15)11-23)29-18(19(24)28)13-6-4-3-5-7-13/h3-7,14,18,27H,2,8-9,12H2,1H3,(H2,24,28)/t14-,18-/m1/s1. The average molecular weight is 407 g/mol. The molecule has 2 heterocycles. The fourth-order valence-corrected chi connectivity index (χ4v) is 4.52. The van der Waals surface area contributed by atoms with Crippen LogP contribution in [0.15, 0.2) is 35.4 Å². The van der Waals surface area contributed by atoms with E-state index in [-0.39, 0.29) is 0 Å². The molecule has 0 radical (unpaired) electrons. The number of aliphatic hydroxyl groups is 1. The highest BCUT2D eigenvalue weighted by atomic mass is 32.2. The van der Waals surface area contributed by atoms with E-state index in [4.69, 9.17) is 5.73 Å². The van der Waals surface area contributed by atoms with E-state index < -0.39 is 17.3 Å². The van der Waals surface area contributed by atoms with Gasteiger partial charge in [-0.3, -0.25) is 4.79 Å². The third kappa shape index (κ3) is 4.19. The molecule has 1 aliphatic rings. The molecular formula is C21H21N5O2S. The molecule has 0 unspecified atom stereocenters. The second kappa shape index (κ2) is 8.95. The number of amides is 1. The molecule has 7 nitrogen and oxygen atoms in total. The van der Waals surface area contributed by atoms with Crippen molar-refractivity contribution in [2.45, 2.75) is 36.1 Å². The van der Waals surface area contributed by atoms with Crippen molar-refractivity contribution >= 4 is 23.5 Å². The van der Waals surface area contributed by atoms with Crippen LogP contribution in [-0.4, -0.2) is 35.2 Å². The molecule has 3 rings (SSSR count). The maximum absolute atomic E-state index is 12.2. The Hall–Kier alpha value is -3.07. The van der Waals surface area contributed by atoms with E-state index >= 15 is 0 Å². The van der Waals surface area contributed by atoms with Crippen molar-refractivity contribution in [3.05, 3.63) is 52.6 Å². The van der Waals surface area contributed by atoms with Crippen LogP contribution in [0.3, 0.4) is 0 Å². The van der Waals surface area contributed by atoms with Crippen molar-refractivity contribution < 1.29 is 9.90 Å². The SMILES string of the molecule is CCc1c(C#N)c(S[C@@H](C(N)=O)c2ccccc2)nc(N2CC[C@@H](O)C2)c1C#N. The molecule has 1 aromatic heterocycles. The quantitative estimate of drug-likeness (QED) is 0.703. The van der Waals surface area contributed by atoms with Gasteiger partial charge in [-0.15, -0.1) is 0 Å². The van der Waals surface area contributed by atoms with Crippen LogP contribution in [0.4, 0.5) is 5.82 Å². The Morgan fingerprint density at radius 1 is 1.34 bits per heavy atom. The lowest BCUT2D eigenvalue weighted by atomic mass is 10.0. The van der Waals surface area contributed by atoms with Crippen molar-refractivity contribution in [1.82, 2.24) is 4.98 Å². The molecule has 1 aliphatic heterocycles. The number of benzene rings is 1. The van der Waals surface area contributed by atoms with Crippen molar-refractivity contribution in [2.75, 3.05) is 18.0 Å². The number of pyridine rings is 1. The van der Waals surface area contributed by atoms with Crippen LogP contribution >= 0.6 is 11.8 Å². The fourth-order valence-electron chi connectivity index (χ4n) is 3.46. The zero-order valence-corrected chi connectivity index (χ0v) is 16.8. The minimum Gasteiger partial charge on any atom is -0.391 e. The lowest BCUT2D eigenvalue weighted by Crippen LogP contribution is -2.25. The van der Waals surface area contributed by atoms with Gasteiger partial charge in [0.25, 0.3) is 0 Å². The van der Waals surface area contributed by atoms with Gasteiger partial charge in [0.05, 0.1) is 17.2 Å². The maximum Gasteiger partial charge on any atom is 0.235 e. The number of anilines is 1. The van der Waals surface area contributed by atoms with Crippen LogP contribution in [0.2, 0.25) is 0 Å². The van der Waals surface area contributed by atoms with Crippen LogP contribution in [0.5, 0.6) is 0 Å². The number of aliphatic hydroxyl groups excluding tert-OH is 1. The normalized spacial score (nSPS) is 16.8. The van der Waals surface area contributed by atoms with Gasteiger partial charge in [0.2, 0.25) is 5.91 Å². The Kier molecular flexibility index (Phi) is 6.38. The Balaban J connectivity index is 2.13. The lowest BCUT2D eigenvalue weighted by molar-refractivity contribution is -0.117. The van der Waals surface area contributed by atoms with Crippen LogP contribution in [0, 0.1) is 22.7 Å². The summed E-state index contributed by atoms with van der Waals surface area (Å²) >= 11 is 1.12. The molecule has 1 amide bonds. The number of aromatic nitrogens is 1. The number of thioether (sulfide) groups is 1. The number of β-amino-alcohol motifs (C(OH)–C–C–N with tert-alkyl or cyclic N) is 1. The Bertz CT molecular complexity index is 997. The van der Waals surface area contributed by atoms with Gasteiger partial charge in [0, 0.05) is 13.1 Å². The van der Waals surface area contributed by atoms with Gasteiger partial charge in [-0.1, -0.05) is 49.0 Å². The Morgan fingerprint density at radius 3 is 2.55 bits per heavy atom. The number of primary amides is 1. The molecular weight excluding hydrogens is 386 g/mol. The van der Waals surface area contributed by atoms with Crippen molar-refractivity contribution in [1.29, 1.82) is 10.5 Å². The number of hydrogen-bond acceptors (Lipinski definition) is 7. The average Bonchev–Trinajstić information content (AvgIpc) is 3.17. The summed E-state index contributed by atoms with van der Waals surface area (Å²) in [7, 11) is 0. The van der Waals surface area contributed by atoms with Gasteiger partial charge in [-0.25, -0.2) is 4.98 Å². The van der Waals surface area contributed by atoms with Gasteiger partial charge >= 0.3 is 0 Å². The van der Waals surface area contributed by atoms with E-state index in [1.54, 1.807) is 12.1 Å². The minimum atomic E-state index is -0.717. The van der Waals surface area contributed by atoms with Crippen LogP contribution in [0.25, 0.3) is 0 Å². The van der Waals surface area contributed by atoms with E-state index in [2.05, 4.69) is 17.1 Å². The summed E-state index contributed by atoms with van der Waals surface area (Å²) < 4.78 is 0. The van der Waals surface area contributed by atoms with Gasteiger partial charge in [0.1, 0.15) is 28.2 Å². The second-order valence-electron chi connectivity index (χ2n) is 6.75. The highest BCUT2D eigenvalue weighted by Gasteiger charge is 2.29. The zero-order chi connectivity index (χ0) is 21.0. The predicted molar refractivity (Wildman–Crippen MR) is 110 cm³/mol. The summed E-state index contributed by atoms with van der Waals surface area (Å²) in [6, 6.07) is 13.4. The van der Waals surface area contributed by atoms with Gasteiger partial charge in [-0.2, -0.15) is 10.5 Å². The summed E-state index contributed by atoms with van der Waals surface area (Å²) in [5.74, 6) is -0.0916. The first-order valence-corrected chi connectivity index (χ1v) is 10.2. The topological polar surface area (TPSA) is 127 Å². The predicted octanol–water partition coefficient (Wildman–Crippen LogP) is 2.28. The molecule has 29 heavy (non-hydrogen) atoms. The molecule has 0 aliphatic carbocycles. The number of carbonyl (C=O) groups excluding carboxylic acids is 1. The third-order valence-corrected chi connectivity index (χ3v) is 6.14. The van der Waals surface area contributed by atoms with Crippen molar-refractivity contribution in [3.63, 3.8) is 0 Å². The van der Waals surface area contributed by atoms with Gasteiger partial charge in [0.15, 0.2) is 0 Å². The van der Waals surface area contributed by atoms with Crippen LogP contribution < -0.4 is 10.6 Å². The number of nitriles is 2. The van der Waals surface area contributed by atoms with Crippen molar-refractivity contribution in [2.24, 2.45) is 5.73 Å². The van der Waals surface area contributed by atoms with E-state index in [9.17, 15) is 20.4 Å². The zero-order valence-electron chi connectivity index (χ0n) is 16.0. The van der Waals surface area contributed by atoms with E-state index in [1.165, 1.54) is 0 Å². The molecule has 148 valence electrons. The number of hydrogen-bond donors (Lipinski definition) is 2.